The van der Waals surface area contributed by atoms with Crippen LogP contribution in [0.5, 0.6) is 11.5 Å². The van der Waals surface area contributed by atoms with Gasteiger partial charge in [0.15, 0.2) is 0 Å². The van der Waals surface area contributed by atoms with Gasteiger partial charge in [-0.2, -0.15) is 0 Å². The van der Waals surface area contributed by atoms with Crippen LogP contribution in [0.25, 0.3) is 0 Å². The average molecular weight is 320 g/mol. The molecule has 0 heterocycles. The van der Waals surface area contributed by atoms with Crippen molar-refractivity contribution in [2.45, 2.75) is 17.7 Å². The molecule has 0 aliphatic heterocycles. The molecule has 0 bridgehead atoms. The third-order valence-electron chi connectivity index (χ3n) is 3.27. The van der Waals surface area contributed by atoms with Crippen LogP contribution >= 0.6 is 23.2 Å². The molecule has 108 valence electrons. The number of halogens is 2. The summed E-state index contributed by atoms with van der Waals surface area (Å²) in [6.45, 7) is 1.55. The summed E-state index contributed by atoms with van der Waals surface area (Å²) in [6, 6.07) is 3.93. The molecule has 1 aromatic carbocycles. The highest BCUT2D eigenvalue weighted by molar-refractivity contribution is 6.53. The summed E-state index contributed by atoms with van der Waals surface area (Å²) in [5.74, 6) is -0.577. The largest absolute Gasteiger partial charge is 0.496 e. The Kier molecular flexibility index (Phi) is 3.56. The van der Waals surface area contributed by atoms with Crippen LogP contribution in [0, 0.1) is 15.5 Å². The van der Waals surface area contributed by atoms with Crippen LogP contribution < -0.4 is 9.47 Å². The van der Waals surface area contributed by atoms with Gasteiger partial charge in [0.25, 0.3) is 0 Å². The molecular formula is C12H11Cl2NO5. The van der Waals surface area contributed by atoms with Crippen molar-refractivity contribution in [1.29, 1.82) is 0 Å². The molecular weight excluding hydrogens is 309 g/mol. The number of rotatable bonds is 4. The zero-order valence-corrected chi connectivity index (χ0v) is 12.2. The first-order chi connectivity index (χ1) is 9.21. The third-order valence-corrected chi connectivity index (χ3v) is 4.38. The molecule has 0 N–H and O–H groups in total. The monoisotopic (exact) mass is 319 g/mol. The molecule has 1 atom stereocenters. The average Bonchev–Trinajstić information content (AvgIpc) is 2.90. The molecule has 8 heteroatoms. The molecule has 20 heavy (non-hydrogen) atoms. The Morgan fingerprint density at radius 2 is 2.05 bits per heavy atom. The highest BCUT2D eigenvalue weighted by Gasteiger charge is 2.69. The number of carbonyl (C=O) groups excluding carboxylic acids is 1. The highest BCUT2D eigenvalue weighted by Crippen LogP contribution is 2.64. The van der Waals surface area contributed by atoms with Gasteiger partial charge in [-0.05, 0) is 19.1 Å². The van der Waals surface area contributed by atoms with Gasteiger partial charge in [0.1, 0.15) is 15.5 Å². The van der Waals surface area contributed by atoms with E-state index in [-0.39, 0.29) is 23.6 Å². The summed E-state index contributed by atoms with van der Waals surface area (Å²) in [5, 5.41) is 11.0. The Morgan fingerprint density at radius 3 is 2.50 bits per heavy atom. The summed E-state index contributed by atoms with van der Waals surface area (Å²) < 4.78 is 8.77. The molecule has 1 aliphatic rings. The van der Waals surface area contributed by atoms with Crippen LogP contribution in [0.15, 0.2) is 18.2 Å². The van der Waals surface area contributed by atoms with Gasteiger partial charge >= 0.3 is 11.7 Å². The zero-order chi connectivity index (χ0) is 15.1. The number of benzene rings is 1. The third kappa shape index (κ3) is 2.41. The molecule has 0 spiro atoms. The van der Waals surface area contributed by atoms with Crippen LogP contribution in [0.2, 0.25) is 0 Å². The van der Waals surface area contributed by atoms with Gasteiger partial charge in [-0.1, -0.05) is 0 Å². The number of alkyl halides is 2. The lowest BCUT2D eigenvalue weighted by molar-refractivity contribution is -0.385. The number of hydrogen-bond acceptors (Lipinski definition) is 5. The van der Waals surface area contributed by atoms with Crippen LogP contribution in [-0.4, -0.2) is 22.3 Å². The maximum atomic E-state index is 12.0. The van der Waals surface area contributed by atoms with Gasteiger partial charge in [0.2, 0.25) is 5.75 Å². The van der Waals surface area contributed by atoms with Crippen molar-refractivity contribution < 1.29 is 19.2 Å². The normalized spacial score (nSPS) is 23.0. The molecule has 6 nitrogen and oxygen atoms in total. The maximum absolute atomic E-state index is 12.0. The number of nitro benzene ring substituents is 1. The van der Waals surface area contributed by atoms with Gasteiger partial charge in [0.05, 0.1) is 18.1 Å². The molecule has 0 radical (unpaired) electrons. The molecule has 1 aliphatic carbocycles. The van der Waals surface area contributed by atoms with Crippen LogP contribution in [0.3, 0.4) is 0 Å². The standard InChI is InChI=1S/C12H11Cl2NO5/c1-11(6-12(11,13)14)10(16)20-9-4-3-7(19-2)5-8(9)15(17)18/h3-5H,6H2,1-2H3. The van der Waals surface area contributed by atoms with Gasteiger partial charge in [-0.25, -0.2) is 0 Å². The smallest absolute Gasteiger partial charge is 0.320 e. The fourth-order valence-corrected chi connectivity index (χ4v) is 2.38. The fourth-order valence-electron chi connectivity index (χ4n) is 1.69. The van der Waals surface area contributed by atoms with Crippen molar-refractivity contribution in [1.82, 2.24) is 0 Å². The molecule has 1 fully saturated rings. The van der Waals surface area contributed by atoms with Crippen molar-refractivity contribution in [2.75, 3.05) is 7.11 Å². The molecule has 0 amide bonds. The van der Waals surface area contributed by atoms with Crippen LogP contribution in [0.1, 0.15) is 13.3 Å². The maximum Gasteiger partial charge on any atom is 0.320 e. The SMILES string of the molecule is COc1ccc(OC(=O)C2(C)CC2(Cl)Cl)c([N+](=O)[O-])c1. The van der Waals surface area contributed by atoms with E-state index in [1.807, 2.05) is 0 Å². The van der Waals surface area contributed by atoms with Crippen LogP contribution in [0.4, 0.5) is 5.69 Å². The Morgan fingerprint density at radius 1 is 1.45 bits per heavy atom. The second kappa shape index (κ2) is 4.79. The molecule has 1 aromatic rings. The summed E-state index contributed by atoms with van der Waals surface area (Å²) in [6.07, 6.45) is 0.242. The van der Waals surface area contributed by atoms with Crippen molar-refractivity contribution in [2.24, 2.45) is 5.41 Å². The van der Waals surface area contributed by atoms with E-state index in [0.29, 0.717) is 0 Å². The first-order valence-electron chi connectivity index (χ1n) is 5.64. The second-order valence-electron chi connectivity index (χ2n) is 4.69. The van der Waals surface area contributed by atoms with E-state index in [1.54, 1.807) is 6.92 Å². The first kappa shape index (κ1) is 14.9. The molecule has 2 rings (SSSR count). The Labute approximate surface area is 124 Å². The van der Waals surface area contributed by atoms with Crippen molar-refractivity contribution in [3.05, 3.63) is 28.3 Å². The lowest BCUT2D eigenvalue weighted by Gasteiger charge is -2.12. The van der Waals surface area contributed by atoms with Crippen molar-refractivity contribution in [3.63, 3.8) is 0 Å². The Bertz CT molecular complexity index is 589. The summed E-state index contributed by atoms with van der Waals surface area (Å²) in [5.41, 5.74) is -1.42. The van der Waals surface area contributed by atoms with E-state index >= 15 is 0 Å². The lowest BCUT2D eigenvalue weighted by atomic mass is 10.1. The fraction of sp³-hybridized carbons (Fsp3) is 0.417. The van der Waals surface area contributed by atoms with Gasteiger partial charge in [-0.3, -0.25) is 14.9 Å². The molecule has 1 saturated carbocycles. The molecule has 0 saturated heterocycles. The van der Waals surface area contributed by atoms with E-state index in [4.69, 9.17) is 32.7 Å². The number of methoxy groups -OCH3 is 1. The van der Waals surface area contributed by atoms with E-state index in [2.05, 4.69) is 0 Å². The number of esters is 1. The number of nitrogens with zero attached hydrogens (tertiary/aromatic N) is 1. The zero-order valence-electron chi connectivity index (χ0n) is 10.7. The Hall–Kier alpha value is -1.53. The first-order valence-corrected chi connectivity index (χ1v) is 6.39. The minimum absolute atomic E-state index is 0.168. The van der Waals surface area contributed by atoms with Gasteiger partial charge in [0, 0.05) is 6.42 Å². The van der Waals surface area contributed by atoms with E-state index in [0.717, 1.165) is 0 Å². The second-order valence-corrected chi connectivity index (χ2v) is 6.18. The number of ether oxygens (including phenoxy) is 2. The summed E-state index contributed by atoms with van der Waals surface area (Å²) >= 11 is 11.7. The van der Waals surface area contributed by atoms with E-state index in [1.165, 1.54) is 25.3 Å². The van der Waals surface area contributed by atoms with Gasteiger partial charge < -0.3 is 9.47 Å². The van der Waals surface area contributed by atoms with E-state index in [9.17, 15) is 14.9 Å². The van der Waals surface area contributed by atoms with E-state index < -0.39 is 20.6 Å². The lowest BCUT2D eigenvalue weighted by Crippen LogP contribution is -2.24. The van der Waals surface area contributed by atoms with Crippen molar-refractivity contribution >= 4 is 34.9 Å². The number of carbonyl (C=O) groups is 1. The molecule has 0 aromatic heterocycles. The van der Waals surface area contributed by atoms with Gasteiger partial charge in [-0.15, -0.1) is 23.2 Å². The summed E-state index contributed by atoms with van der Waals surface area (Å²) in [7, 11) is 1.38. The highest BCUT2D eigenvalue weighted by atomic mass is 35.5. The Balaban J connectivity index is 2.26. The summed E-state index contributed by atoms with van der Waals surface area (Å²) in [4.78, 5) is 22.3. The minimum Gasteiger partial charge on any atom is -0.496 e. The topological polar surface area (TPSA) is 78.7 Å². The number of hydrogen-bond donors (Lipinski definition) is 0. The number of nitro groups is 1. The predicted molar refractivity (Wildman–Crippen MR) is 72.4 cm³/mol. The van der Waals surface area contributed by atoms with Crippen molar-refractivity contribution in [3.8, 4) is 11.5 Å². The quantitative estimate of drug-likeness (QED) is 0.280. The van der Waals surface area contributed by atoms with Crippen LogP contribution in [-0.2, 0) is 4.79 Å². The minimum atomic E-state index is -1.19. The predicted octanol–water partition coefficient (Wildman–Crippen LogP) is 3.09. The molecule has 1 unspecified atom stereocenters.